The zero-order valence-electron chi connectivity index (χ0n) is 11.7. The van der Waals surface area contributed by atoms with Crippen molar-refractivity contribution in [3.8, 4) is 0 Å². The summed E-state index contributed by atoms with van der Waals surface area (Å²) in [5.41, 5.74) is 4.83. The average molecular weight is 256 g/mol. The first-order valence-electron chi connectivity index (χ1n) is 6.74. The van der Waals surface area contributed by atoms with Crippen LogP contribution in [-0.2, 0) is 13.6 Å². The number of nitrogens with zero attached hydrogens (tertiary/aromatic N) is 3. The first-order chi connectivity index (χ1) is 9.15. The van der Waals surface area contributed by atoms with Gasteiger partial charge in [0.05, 0.1) is 29.3 Å². The Balaban J connectivity index is 1.93. The fraction of sp³-hybridized carbons (Fsp3) is 0.400. The van der Waals surface area contributed by atoms with E-state index in [1.807, 2.05) is 18.7 Å². The molecule has 1 aliphatic rings. The molecule has 19 heavy (non-hydrogen) atoms. The van der Waals surface area contributed by atoms with Crippen LogP contribution >= 0.6 is 0 Å². The molecule has 0 bridgehead atoms. The number of aryl methyl sites for hydroxylation is 2. The van der Waals surface area contributed by atoms with E-state index >= 15 is 0 Å². The van der Waals surface area contributed by atoms with Crippen LogP contribution in [0.2, 0.25) is 0 Å². The lowest BCUT2D eigenvalue weighted by atomic mass is 10.1. The van der Waals surface area contributed by atoms with Crippen molar-refractivity contribution < 1.29 is 0 Å². The molecule has 4 heteroatoms. The van der Waals surface area contributed by atoms with Crippen molar-refractivity contribution in [3.63, 3.8) is 0 Å². The Bertz CT molecular complexity index is 588. The SMILES string of the molecule is Cc1cc(CN2c3ccccc3NCC2C)n(C)n1. The van der Waals surface area contributed by atoms with E-state index in [1.165, 1.54) is 17.1 Å². The molecule has 3 rings (SSSR count). The van der Waals surface area contributed by atoms with Gasteiger partial charge in [0, 0.05) is 19.6 Å². The lowest BCUT2D eigenvalue weighted by Crippen LogP contribution is -2.41. The summed E-state index contributed by atoms with van der Waals surface area (Å²) in [5.74, 6) is 0. The first-order valence-corrected chi connectivity index (χ1v) is 6.74. The van der Waals surface area contributed by atoms with Crippen LogP contribution in [0.1, 0.15) is 18.3 Å². The zero-order chi connectivity index (χ0) is 13.4. The first kappa shape index (κ1) is 12.1. The Kier molecular flexibility index (Phi) is 2.93. The fourth-order valence-corrected chi connectivity index (χ4v) is 2.71. The van der Waals surface area contributed by atoms with Crippen molar-refractivity contribution in [2.24, 2.45) is 7.05 Å². The molecule has 1 unspecified atom stereocenters. The zero-order valence-corrected chi connectivity index (χ0v) is 11.7. The van der Waals surface area contributed by atoms with Crippen molar-refractivity contribution in [1.82, 2.24) is 9.78 Å². The number of aromatic nitrogens is 2. The fourth-order valence-electron chi connectivity index (χ4n) is 2.71. The van der Waals surface area contributed by atoms with Gasteiger partial charge in [0.15, 0.2) is 0 Å². The summed E-state index contributed by atoms with van der Waals surface area (Å²) in [6.45, 7) is 6.18. The maximum atomic E-state index is 4.43. The van der Waals surface area contributed by atoms with E-state index < -0.39 is 0 Å². The minimum absolute atomic E-state index is 0.477. The van der Waals surface area contributed by atoms with Crippen LogP contribution in [0.5, 0.6) is 0 Å². The number of hydrogen-bond donors (Lipinski definition) is 1. The van der Waals surface area contributed by atoms with Crippen molar-refractivity contribution >= 4 is 11.4 Å². The number of hydrogen-bond acceptors (Lipinski definition) is 3. The normalized spacial score (nSPS) is 18.1. The van der Waals surface area contributed by atoms with Gasteiger partial charge in [-0.1, -0.05) is 12.1 Å². The van der Waals surface area contributed by atoms with Gasteiger partial charge in [-0.15, -0.1) is 0 Å². The Morgan fingerprint density at radius 2 is 2.16 bits per heavy atom. The molecule has 0 spiro atoms. The summed E-state index contributed by atoms with van der Waals surface area (Å²) in [4.78, 5) is 2.45. The molecule has 0 fully saturated rings. The van der Waals surface area contributed by atoms with E-state index in [4.69, 9.17) is 0 Å². The molecular weight excluding hydrogens is 236 g/mol. The van der Waals surface area contributed by atoms with E-state index in [2.05, 4.69) is 52.6 Å². The number of rotatable bonds is 2. The lowest BCUT2D eigenvalue weighted by Gasteiger charge is -2.37. The number of para-hydroxylation sites is 2. The summed E-state index contributed by atoms with van der Waals surface area (Å²) in [6.07, 6.45) is 0. The van der Waals surface area contributed by atoms with E-state index in [0.29, 0.717) is 6.04 Å². The van der Waals surface area contributed by atoms with Crippen LogP contribution in [0, 0.1) is 6.92 Å². The molecule has 1 aromatic heterocycles. The quantitative estimate of drug-likeness (QED) is 0.896. The second kappa shape index (κ2) is 4.61. The van der Waals surface area contributed by atoms with Crippen LogP contribution in [0.15, 0.2) is 30.3 Å². The van der Waals surface area contributed by atoms with Crippen molar-refractivity contribution in [1.29, 1.82) is 0 Å². The maximum absolute atomic E-state index is 4.43. The second-order valence-electron chi connectivity index (χ2n) is 5.28. The molecule has 0 radical (unpaired) electrons. The Morgan fingerprint density at radius 3 is 2.89 bits per heavy atom. The molecule has 0 saturated heterocycles. The van der Waals surface area contributed by atoms with Crippen molar-refractivity contribution in [2.75, 3.05) is 16.8 Å². The number of benzene rings is 1. The van der Waals surface area contributed by atoms with Crippen molar-refractivity contribution in [2.45, 2.75) is 26.4 Å². The molecule has 2 aromatic rings. The van der Waals surface area contributed by atoms with Gasteiger partial charge in [0.25, 0.3) is 0 Å². The van der Waals surface area contributed by atoms with E-state index in [-0.39, 0.29) is 0 Å². The van der Waals surface area contributed by atoms with E-state index in [0.717, 1.165) is 18.8 Å². The Labute approximate surface area is 114 Å². The number of anilines is 2. The molecule has 1 atom stereocenters. The molecule has 0 saturated carbocycles. The average Bonchev–Trinajstić information content (AvgIpc) is 2.71. The smallest absolute Gasteiger partial charge is 0.0608 e. The Morgan fingerprint density at radius 1 is 1.37 bits per heavy atom. The van der Waals surface area contributed by atoms with Crippen molar-refractivity contribution in [3.05, 3.63) is 41.7 Å². The van der Waals surface area contributed by atoms with Gasteiger partial charge < -0.3 is 10.2 Å². The summed E-state index contributed by atoms with van der Waals surface area (Å²) in [6, 6.07) is 11.1. The summed E-state index contributed by atoms with van der Waals surface area (Å²) < 4.78 is 1.98. The number of fused-ring (bicyclic) bond motifs is 1. The van der Waals surface area contributed by atoms with Gasteiger partial charge in [-0.05, 0) is 32.0 Å². The Hall–Kier alpha value is -1.97. The molecule has 0 aliphatic carbocycles. The molecule has 1 aliphatic heterocycles. The highest BCUT2D eigenvalue weighted by Crippen LogP contribution is 2.32. The summed E-state index contributed by atoms with van der Waals surface area (Å²) in [7, 11) is 2.01. The highest BCUT2D eigenvalue weighted by atomic mass is 15.3. The molecule has 1 aromatic carbocycles. The topological polar surface area (TPSA) is 33.1 Å². The number of nitrogens with one attached hydrogen (secondary N) is 1. The molecule has 1 N–H and O–H groups in total. The third kappa shape index (κ3) is 2.18. The van der Waals surface area contributed by atoms with Gasteiger partial charge in [-0.3, -0.25) is 4.68 Å². The van der Waals surface area contributed by atoms with Crippen LogP contribution in [0.4, 0.5) is 11.4 Å². The van der Waals surface area contributed by atoms with Gasteiger partial charge in [0.2, 0.25) is 0 Å². The van der Waals surface area contributed by atoms with Gasteiger partial charge in [-0.2, -0.15) is 5.10 Å². The molecular formula is C15H20N4. The third-order valence-electron chi connectivity index (χ3n) is 3.76. The lowest BCUT2D eigenvalue weighted by molar-refractivity contribution is 0.608. The van der Waals surface area contributed by atoms with Gasteiger partial charge in [-0.25, -0.2) is 0 Å². The standard InChI is InChI=1S/C15H20N4/c1-11-8-13(18(3)17-11)10-19-12(2)9-16-14-6-4-5-7-15(14)19/h4-8,12,16H,9-10H2,1-3H3. The molecule has 0 amide bonds. The third-order valence-corrected chi connectivity index (χ3v) is 3.76. The molecule has 100 valence electrons. The largest absolute Gasteiger partial charge is 0.381 e. The predicted molar refractivity (Wildman–Crippen MR) is 78.5 cm³/mol. The highest BCUT2D eigenvalue weighted by Gasteiger charge is 2.23. The molecule has 2 heterocycles. The van der Waals surface area contributed by atoms with Crippen LogP contribution in [0.25, 0.3) is 0 Å². The monoisotopic (exact) mass is 256 g/mol. The van der Waals surface area contributed by atoms with E-state index in [1.54, 1.807) is 0 Å². The predicted octanol–water partition coefficient (Wildman–Crippen LogP) is 2.55. The van der Waals surface area contributed by atoms with Crippen LogP contribution in [-0.4, -0.2) is 22.4 Å². The molecule has 4 nitrogen and oxygen atoms in total. The highest BCUT2D eigenvalue weighted by molar-refractivity contribution is 5.72. The van der Waals surface area contributed by atoms with E-state index in [9.17, 15) is 0 Å². The van der Waals surface area contributed by atoms with Crippen LogP contribution < -0.4 is 10.2 Å². The van der Waals surface area contributed by atoms with Gasteiger partial charge >= 0.3 is 0 Å². The summed E-state index contributed by atoms with van der Waals surface area (Å²) >= 11 is 0. The second-order valence-corrected chi connectivity index (χ2v) is 5.28. The summed E-state index contributed by atoms with van der Waals surface area (Å²) in [5, 5.41) is 7.92. The van der Waals surface area contributed by atoms with Gasteiger partial charge in [0.1, 0.15) is 0 Å². The van der Waals surface area contributed by atoms with Crippen LogP contribution in [0.3, 0.4) is 0 Å². The minimum Gasteiger partial charge on any atom is -0.381 e. The minimum atomic E-state index is 0.477. The maximum Gasteiger partial charge on any atom is 0.0608 e.